The molecule has 2 aliphatic rings. The summed E-state index contributed by atoms with van der Waals surface area (Å²) in [5.41, 5.74) is 1.78. The van der Waals surface area contributed by atoms with Gasteiger partial charge in [0.1, 0.15) is 23.0 Å². The number of amides is 2. The molecule has 10 heteroatoms. The van der Waals surface area contributed by atoms with Gasteiger partial charge in [0, 0.05) is 25.3 Å². The summed E-state index contributed by atoms with van der Waals surface area (Å²) in [5, 5.41) is 5.77. The molecule has 1 saturated heterocycles. The molecule has 0 saturated carbocycles. The molecule has 1 fully saturated rings. The lowest BCUT2D eigenvalue weighted by Crippen LogP contribution is -2.33. The second-order valence-corrected chi connectivity index (χ2v) is 9.21. The highest BCUT2D eigenvalue weighted by Gasteiger charge is 2.32. The monoisotopic (exact) mass is 492 g/mol. The Balaban J connectivity index is 1.40. The highest BCUT2D eigenvalue weighted by Crippen LogP contribution is 2.32. The molecule has 3 heterocycles. The third kappa shape index (κ3) is 4.51. The Labute approximate surface area is 207 Å². The minimum atomic E-state index is -0.789. The SMILES string of the molecule is CN(C)CCN1CCC(c2ccc(Nc3nc(-c4c(F)cccc4F)nc4c3C(=O)NC4)cc2)C1=O. The van der Waals surface area contributed by atoms with Gasteiger partial charge in [-0.2, -0.15) is 0 Å². The van der Waals surface area contributed by atoms with Gasteiger partial charge < -0.3 is 20.4 Å². The van der Waals surface area contributed by atoms with Crippen LogP contribution in [-0.2, 0) is 11.3 Å². The molecule has 2 amide bonds. The van der Waals surface area contributed by atoms with Crippen LogP contribution in [0.25, 0.3) is 11.4 Å². The van der Waals surface area contributed by atoms with E-state index in [0.29, 0.717) is 17.9 Å². The fourth-order valence-corrected chi connectivity index (χ4v) is 4.57. The lowest BCUT2D eigenvalue weighted by Gasteiger charge is -2.19. The maximum Gasteiger partial charge on any atom is 0.257 e. The van der Waals surface area contributed by atoms with E-state index in [2.05, 4.69) is 25.5 Å². The van der Waals surface area contributed by atoms with Crippen LogP contribution < -0.4 is 10.6 Å². The number of carbonyl (C=O) groups is 2. The highest BCUT2D eigenvalue weighted by molar-refractivity contribution is 6.03. The van der Waals surface area contributed by atoms with Gasteiger partial charge >= 0.3 is 0 Å². The number of anilines is 2. The number of fused-ring (bicyclic) bond motifs is 1. The van der Waals surface area contributed by atoms with Gasteiger partial charge in [-0.3, -0.25) is 9.59 Å². The summed E-state index contributed by atoms with van der Waals surface area (Å²) in [5.74, 6) is -1.99. The summed E-state index contributed by atoms with van der Waals surface area (Å²) in [6.07, 6.45) is 0.760. The minimum Gasteiger partial charge on any atom is -0.346 e. The van der Waals surface area contributed by atoms with Crippen LogP contribution in [0.3, 0.4) is 0 Å². The van der Waals surface area contributed by atoms with E-state index in [1.165, 1.54) is 6.07 Å². The Hall–Kier alpha value is -3.92. The molecule has 186 valence electrons. The van der Waals surface area contributed by atoms with Crippen molar-refractivity contribution < 1.29 is 18.4 Å². The van der Waals surface area contributed by atoms with Gasteiger partial charge in [0.2, 0.25) is 5.91 Å². The third-order valence-corrected chi connectivity index (χ3v) is 6.50. The molecule has 0 spiro atoms. The predicted octanol–water partition coefficient (Wildman–Crippen LogP) is 3.29. The molecule has 2 aliphatic heterocycles. The molecule has 0 radical (unpaired) electrons. The van der Waals surface area contributed by atoms with Gasteiger partial charge in [-0.15, -0.1) is 0 Å². The molecule has 2 N–H and O–H groups in total. The van der Waals surface area contributed by atoms with Crippen molar-refractivity contribution in [2.75, 3.05) is 39.0 Å². The molecule has 1 aromatic heterocycles. The van der Waals surface area contributed by atoms with Crippen molar-refractivity contribution in [3.8, 4) is 11.4 Å². The van der Waals surface area contributed by atoms with E-state index in [4.69, 9.17) is 0 Å². The van der Waals surface area contributed by atoms with Crippen molar-refractivity contribution in [3.05, 3.63) is 70.9 Å². The first kappa shape index (κ1) is 23.8. The van der Waals surface area contributed by atoms with E-state index >= 15 is 0 Å². The summed E-state index contributed by atoms with van der Waals surface area (Å²) in [6.45, 7) is 2.39. The maximum atomic E-state index is 14.4. The third-order valence-electron chi connectivity index (χ3n) is 6.50. The molecule has 5 rings (SSSR count). The Morgan fingerprint density at radius 1 is 1.06 bits per heavy atom. The van der Waals surface area contributed by atoms with Crippen molar-refractivity contribution in [1.29, 1.82) is 0 Å². The average Bonchev–Trinajstić information content (AvgIpc) is 3.40. The van der Waals surface area contributed by atoms with Crippen molar-refractivity contribution in [2.45, 2.75) is 18.9 Å². The average molecular weight is 493 g/mol. The number of rotatable bonds is 7. The van der Waals surface area contributed by atoms with Crippen LogP contribution in [0.1, 0.15) is 34.0 Å². The van der Waals surface area contributed by atoms with E-state index in [1.807, 2.05) is 31.1 Å². The first-order valence-electron chi connectivity index (χ1n) is 11.8. The van der Waals surface area contributed by atoms with E-state index in [1.54, 1.807) is 12.1 Å². The van der Waals surface area contributed by atoms with Crippen molar-refractivity contribution in [3.63, 3.8) is 0 Å². The second kappa shape index (κ2) is 9.62. The molecule has 2 aromatic carbocycles. The molecule has 0 aliphatic carbocycles. The zero-order chi connectivity index (χ0) is 25.4. The second-order valence-electron chi connectivity index (χ2n) is 9.21. The Bertz CT molecular complexity index is 1310. The fraction of sp³-hybridized carbons (Fsp3) is 0.308. The number of nitrogens with zero attached hydrogens (tertiary/aromatic N) is 4. The first-order chi connectivity index (χ1) is 17.3. The van der Waals surface area contributed by atoms with E-state index < -0.39 is 11.6 Å². The number of benzene rings is 2. The standard InChI is InChI=1S/C26H26F2N6O2/c1-33(2)12-13-34-11-10-17(26(34)36)15-6-8-16(9-7-15)30-24-22-20(14-29-25(22)35)31-23(32-24)21-18(27)4-3-5-19(21)28/h3-9,17H,10-14H2,1-2H3,(H,29,35)(H,30,31,32). The van der Waals surface area contributed by atoms with Gasteiger partial charge in [-0.25, -0.2) is 18.7 Å². The zero-order valence-electron chi connectivity index (χ0n) is 20.0. The van der Waals surface area contributed by atoms with Gasteiger partial charge in [0.05, 0.1) is 23.7 Å². The van der Waals surface area contributed by atoms with E-state index in [9.17, 15) is 18.4 Å². The van der Waals surface area contributed by atoms with Crippen LogP contribution in [0.4, 0.5) is 20.3 Å². The van der Waals surface area contributed by atoms with Crippen LogP contribution in [0.5, 0.6) is 0 Å². The van der Waals surface area contributed by atoms with Gasteiger partial charge in [-0.05, 0) is 50.3 Å². The summed E-state index contributed by atoms with van der Waals surface area (Å²) in [7, 11) is 3.96. The molecule has 3 aromatic rings. The summed E-state index contributed by atoms with van der Waals surface area (Å²) in [6, 6.07) is 10.9. The highest BCUT2D eigenvalue weighted by atomic mass is 19.1. The maximum absolute atomic E-state index is 14.4. The summed E-state index contributed by atoms with van der Waals surface area (Å²) < 4.78 is 28.8. The number of hydrogen-bond acceptors (Lipinski definition) is 6. The normalized spacial score (nSPS) is 17.0. The molecular formula is C26H26F2N6O2. The topological polar surface area (TPSA) is 90.5 Å². The molecule has 8 nitrogen and oxygen atoms in total. The zero-order valence-corrected chi connectivity index (χ0v) is 20.0. The van der Waals surface area contributed by atoms with Gasteiger partial charge in [-0.1, -0.05) is 18.2 Å². The molecule has 1 unspecified atom stereocenters. The summed E-state index contributed by atoms with van der Waals surface area (Å²) >= 11 is 0. The molecule has 36 heavy (non-hydrogen) atoms. The van der Waals surface area contributed by atoms with Crippen molar-refractivity contribution in [2.24, 2.45) is 0 Å². The first-order valence-corrected chi connectivity index (χ1v) is 11.8. The van der Waals surface area contributed by atoms with Crippen LogP contribution in [-0.4, -0.2) is 65.3 Å². The van der Waals surface area contributed by atoms with Crippen LogP contribution in [0.2, 0.25) is 0 Å². The molecular weight excluding hydrogens is 466 g/mol. The Morgan fingerprint density at radius 2 is 1.78 bits per heavy atom. The van der Waals surface area contributed by atoms with Crippen molar-refractivity contribution in [1.82, 2.24) is 25.1 Å². The Morgan fingerprint density at radius 3 is 2.47 bits per heavy atom. The van der Waals surface area contributed by atoms with Crippen LogP contribution in [0, 0.1) is 11.6 Å². The smallest absolute Gasteiger partial charge is 0.257 e. The lowest BCUT2D eigenvalue weighted by atomic mass is 9.97. The Kier molecular flexibility index (Phi) is 6.36. The number of hydrogen-bond donors (Lipinski definition) is 2. The lowest BCUT2D eigenvalue weighted by molar-refractivity contribution is -0.129. The number of nitrogens with one attached hydrogen (secondary N) is 2. The number of halogens is 2. The van der Waals surface area contributed by atoms with E-state index in [0.717, 1.165) is 37.2 Å². The number of likely N-dealkylation sites (N-methyl/N-ethyl adjacent to an activating group) is 1. The van der Waals surface area contributed by atoms with Gasteiger partial charge in [0.15, 0.2) is 5.82 Å². The van der Waals surface area contributed by atoms with Gasteiger partial charge in [0.25, 0.3) is 5.91 Å². The largest absolute Gasteiger partial charge is 0.346 e. The number of aromatic nitrogens is 2. The number of carbonyl (C=O) groups excluding carboxylic acids is 2. The quantitative estimate of drug-likeness (QED) is 0.526. The van der Waals surface area contributed by atoms with Crippen molar-refractivity contribution >= 4 is 23.3 Å². The molecule has 0 bridgehead atoms. The minimum absolute atomic E-state index is 0.124. The van der Waals surface area contributed by atoms with Crippen LogP contribution in [0.15, 0.2) is 42.5 Å². The van der Waals surface area contributed by atoms with E-state index in [-0.39, 0.29) is 47.0 Å². The molecule has 1 atom stereocenters. The fourth-order valence-electron chi connectivity index (χ4n) is 4.57. The summed E-state index contributed by atoms with van der Waals surface area (Å²) in [4.78, 5) is 37.8. The predicted molar refractivity (Wildman–Crippen MR) is 131 cm³/mol. The van der Waals surface area contributed by atoms with Crippen LogP contribution >= 0.6 is 0 Å². The number of likely N-dealkylation sites (tertiary alicyclic amines) is 1.